The van der Waals surface area contributed by atoms with Crippen molar-refractivity contribution in [1.29, 1.82) is 0 Å². The largest absolute Gasteiger partial charge is 0.450 e. The number of thiocarbonyl (C=S) groups is 1. The molecule has 11 heteroatoms. The molecule has 0 unspecified atom stereocenters. The Balaban J connectivity index is 1.99. The molecule has 1 aromatic carbocycles. The van der Waals surface area contributed by atoms with Gasteiger partial charge in [0.15, 0.2) is 5.11 Å². The molecule has 1 aromatic rings. The molecule has 28 heavy (non-hydrogen) atoms. The Morgan fingerprint density at radius 1 is 1.18 bits per heavy atom. The number of nitrogens with zero attached hydrogens (tertiary/aromatic N) is 3. The predicted octanol–water partition coefficient (Wildman–Crippen LogP) is 0.726. The molecular formula is C17H24N4O5S2. The average molecular weight is 429 g/mol. The standard InChI is InChI=1S/C17H24N4O5S2/c1-4-26-17(23)21-10-8-20(9-11-21)16(27)18-15(22)13-6-5-7-14(12-13)28(24,25)19(2)3/h5-7,12H,4,8-11H2,1-3H3,(H,18,22,27). The molecule has 0 saturated carbocycles. The Hall–Kier alpha value is -2.24. The van der Waals surface area contributed by atoms with E-state index in [2.05, 4.69) is 5.32 Å². The molecule has 1 saturated heterocycles. The second-order valence-electron chi connectivity index (χ2n) is 6.25. The molecule has 2 rings (SSSR count). The summed E-state index contributed by atoms with van der Waals surface area (Å²) in [4.78, 5) is 27.6. The molecule has 1 heterocycles. The van der Waals surface area contributed by atoms with Crippen LogP contribution in [0.4, 0.5) is 4.79 Å². The second kappa shape index (κ2) is 9.30. The Labute approximate surface area is 170 Å². The van der Waals surface area contributed by atoms with Crippen LogP contribution in [0.3, 0.4) is 0 Å². The maximum absolute atomic E-state index is 12.5. The highest BCUT2D eigenvalue weighted by molar-refractivity contribution is 7.89. The Morgan fingerprint density at radius 3 is 2.36 bits per heavy atom. The average Bonchev–Trinajstić information content (AvgIpc) is 2.68. The summed E-state index contributed by atoms with van der Waals surface area (Å²) in [5.41, 5.74) is 0.190. The van der Waals surface area contributed by atoms with Crippen LogP contribution in [0.25, 0.3) is 0 Å². The van der Waals surface area contributed by atoms with Crippen molar-refractivity contribution in [2.24, 2.45) is 0 Å². The predicted molar refractivity (Wildman–Crippen MR) is 108 cm³/mol. The van der Waals surface area contributed by atoms with E-state index in [0.29, 0.717) is 32.8 Å². The van der Waals surface area contributed by atoms with Gasteiger partial charge in [0, 0.05) is 45.8 Å². The molecule has 0 spiro atoms. The van der Waals surface area contributed by atoms with E-state index in [1.165, 1.54) is 38.4 Å². The smallest absolute Gasteiger partial charge is 0.409 e. The monoisotopic (exact) mass is 428 g/mol. The molecular weight excluding hydrogens is 404 g/mol. The first-order valence-corrected chi connectivity index (χ1v) is 10.6. The minimum atomic E-state index is -3.64. The number of rotatable bonds is 4. The minimum absolute atomic E-state index is 0.0270. The Kier molecular flexibility index (Phi) is 7.33. The number of carbonyl (C=O) groups excluding carboxylic acids is 2. The van der Waals surface area contributed by atoms with Crippen molar-refractivity contribution in [3.05, 3.63) is 29.8 Å². The first-order valence-electron chi connectivity index (χ1n) is 8.71. The van der Waals surface area contributed by atoms with Crippen LogP contribution in [0.2, 0.25) is 0 Å². The third kappa shape index (κ3) is 5.18. The molecule has 0 aromatic heterocycles. The van der Waals surface area contributed by atoms with Gasteiger partial charge in [0.05, 0.1) is 11.5 Å². The van der Waals surface area contributed by atoms with Crippen molar-refractivity contribution < 1.29 is 22.7 Å². The fourth-order valence-corrected chi connectivity index (χ4v) is 3.79. The van der Waals surface area contributed by atoms with Gasteiger partial charge in [-0.05, 0) is 37.3 Å². The third-order valence-corrected chi connectivity index (χ3v) is 6.36. The van der Waals surface area contributed by atoms with E-state index >= 15 is 0 Å². The summed E-state index contributed by atoms with van der Waals surface area (Å²) in [5.74, 6) is -0.492. The number of nitrogens with one attached hydrogen (secondary N) is 1. The molecule has 1 N–H and O–H groups in total. The van der Waals surface area contributed by atoms with E-state index in [1.807, 2.05) is 0 Å². The van der Waals surface area contributed by atoms with Crippen LogP contribution in [0.1, 0.15) is 17.3 Å². The molecule has 154 valence electrons. The highest BCUT2D eigenvalue weighted by atomic mass is 32.2. The lowest BCUT2D eigenvalue weighted by Gasteiger charge is -2.35. The number of hydrogen-bond acceptors (Lipinski definition) is 6. The van der Waals surface area contributed by atoms with Crippen molar-refractivity contribution in [1.82, 2.24) is 19.4 Å². The molecule has 2 amide bonds. The number of benzene rings is 1. The third-order valence-electron chi connectivity index (χ3n) is 4.19. The SMILES string of the molecule is CCOC(=O)N1CCN(C(=S)NC(=O)c2cccc(S(=O)(=O)N(C)C)c2)CC1. The molecule has 9 nitrogen and oxygen atoms in total. The van der Waals surface area contributed by atoms with Crippen LogP contribution < -0.4 is 5.32 Å². The molecule has 0 radical (unpaired) electrons. The van der Waals surface area contributed by atoms with Crippen molar-refractivity contribution in [3.63, 3.8) is 0 Å². The van der Waals surface area contributed by atoms with Crippen molar-refractivity contribution in [3.8, 4) is 0 Å². The summed E-state index contributed by atoms with van der Waals surface area (Å²) >= 11 is 5.29. The molecule has 1 fully saturated rings. The second-order valence-corrected chi connectivity index (χ2v) is 8.79. The van der Waals surface area contributed by atoms with Gasteiger partial charge in [0.2, 0.25) is 10.0 Å². The zero-order valence-electron chi connectivity index (χ0n) is 16.0. The number of ether oxygens (including phenoxy) is 1. The van der Waals surface area contributed by atoms with Gasteiger partial charge in [-0.15, -0.1) is 0 Å². The maximum atomic E-state index is 12.5. The lowest BCUT2D eigenvalue weighted by Crippen LogP contribution is -2.54. The summed E-state index contributed by atoms with van der Waals surface area (Å²) in [6.07, 6.45) is -0.365. The Bertz CT molecular complexity index is 849. The highest BCUT2D eigenvalue weighted by Crippen LogP contribution is 2.15. The fourth-order valence-electron chi connectivity index (χ4n) is 2.56. The molecule has 0 atom stereocenters. The van der Waals surface area contributed by atoms with Gasteiger partial charge in [0.25, 0.3) is 5.91 Å². The van der Waals surface area contributed by atoms with Crippen molar-refractivity contribution >= 4 is 39.4 Å². The number of piperazine rings is 1. The van der Waals surface area contributed by atoms with Gasteiger partial charge < -0.3 is 14.5 Å². The van der Waals surface area contributed by atoms with Crippen LogP contribution >= 0.6 is 12.2 Å². The lowest BCUT2D eigenvalue weighted by atomic mass is 10.2. The van der Waals surface area contributed by atoms with E-state index in [-0.39, 0.29) is 21.7 Å². The topological polar surface area (TPSA) is 99.3 Å². The van der Waals surface area contributed by atoms with Gasteiger partial charge in [-0.3, -0.25) is 10.1 Å². The van der Waals surface area contributed by atoms with E-state index in [1.54, 1.807) is 16.7 Å². The molecule has 1 aliphatic heterocycles. The van der Waals surface area contributed by atoms with Gasteiger partial charge in [-0.2, -0.15) is 0 Å². The summed E-state index contributed by atoms with van der Waals surface area (Å²) in [6, 6.07) is 5.77. The fraction of sp³-hybridized carbons (Fsp3) is 0.471. The van der Waals surface area contributed by atoms with E-state index in [4.69, 9.17) is 17.0 Å². The normalized spacial score (nSPS) is 14.7. The summed E-state index contributed by atoms with van der Waals surface area (Å²) in [7, 11) is -0.793. The van der Waals surface area contributed by atoms with Gasteiger partial charge in [-0.1, -0.05) is 6.07 Å². The van der Waals surface area contributed by atoms with Crippen molar-refractivity contribution in [2.75, 3.05) is 46.9 Å². The number of sulfonamides is 1. The summed E-state index contributed by atoms with van der Waals surface area (Å²) in [6.45, 7) is 3.87. The summed E-state index contributed by atoms with van der Waals surface area (Å²) < 4.78 is 30.5. The van der Waals surface area contributed by atoms with Crippen LogP contribution in [0, 0.1) is 0 Å². The lowest BCUT2D eigenvalue weighted by molar-refractivity contribution is 0.0897. The maximum Gasteiger partial charge on any atom is 0.409 e. The molecule has 1 aliphatic rings. The summed E-state index contributed by atoms with van der Waals surface area (Å²) in [5, 5.41) is 2.85. The number of hydrogen-bond donors (Lipinski definition) is 1. The van der Waals surface area contributed by atoms with Gasteiger partial charge >= 0.3 is 6.09 Å². The van der Waals surface area contributed by atoms with Crippen LogP contribution in [-0.2, 0) is 14.8 Å². The number of carbonyl (C=O) groups is 2. The highest BCUT2D eigenvalue weighted by Gasteiger charge is 2.24. The zero-order valence-corrected chi connectivity index (χ0v) is 17.7. The van der Waals surface area contributed by atoms with Crippen LogP contribution in [-0.4, -0.2) is 86.5 Å². The van der Waals surface area contributed by atoms with Crippen LogP contribution in [0.15, 0.2) is 29.2 Å². The first kappa shape index (κ1) is 22.1. The molecule has 0 bridgehead atoms. The van der Waals surface area contributed by atoms with E-state index in [9.17, 15) is 18.0 Å². The number of amides is 2. The quantitative estimate of drug-likeness (QED) is 0.706. The van der Waals surface area contributed by atoms with E-state index < -0.39 is 15.9 Å². The first-order chi connectivity index (χ1) is 13.2. The zero-order chi connectivity index (χ0) is 20.9. The van der Waals surface area contributed by atoms with Crippen molar-refractivity contribution in [2.45, 2.75) is 11.8 Å². The van der Waals surface area contributed by atoms with Gasteiger partial charge in [0.1, 0.15) is 0 Å². The van der Waals surface area contributed by atoms with Gasteiger partial charge in [-0.25, -0.2) is 17.5 Å². The van der Waals surface area contributed by atoms with Crippen LogP contribution in [0.5, 0.6) is 0 Å². The van der Waals surface area contributed by atoms with E-state index in [0.717, 1.165) is 4.31 Å². The molecule has 0 aliphatic carbocycles. The minimum Gasteiger partial charge on any atom is -0.450 e. The Morgan fingerprint density at radius 2 is 1.79 bits per heavy atom.